The minimum Gasteiger partial charge on any atom is -0.0589 e. The van der Waals surface area contributed by atoms with Gasteiger partial charge in [-0.2, -0.15) is 0 Å². The van der Waals surface area contributed by atoms with Gasteiger partial charge in [-0.3, -0.25) is 0 Å². The highest BCUT2D eigenvalue weighted by Crippen LogP contribution is 1.86. The fourth-order valence-corrected chi connectivity index (χ4v) is 0. The molecule has 0 heterocycles. The lowest BCUT2D eigenvalue weighted by atomic mass is 11.3. The van der Waals surface area contributed by atoms with Gasteiger partial charge in [0.1, 0.15) is 0 Å². The fraction of sp³-hybridized carbons (Fsp3) is 0. The van der Waals surface area contributed by atoms with Crippen LogP contribution in [0, 0.1) is 0 Å². The Kier molecular flexibility index (Phi) is 4.35. The molecule has 0 unspecified atom stereocenters. The SMILES string of the molecule is BrC=CBr. The minimum absolute atomic E-state index is 1.73. The zero-order valence-corrected chi connectivity index (χ0v) is 5.08. The lowest BCUT2D eigenvalue weighted by molar-refractivity contribution is 2.65. The van der Waals surface area contributed by atoms with Gasteiger partial charge in [-0.1, -0.05) is 31.9 Å². The molecule has 0 nitrogen and oxygen atoms in total. The van der Waals surface area contributed by atoms with Crippen molar-refractivity contribution >= 4 is 31.9 Å². The number of halogens is 2. The van der Waals surface area contributed by atoms with Crippen molar-refractivity contribution in [3.8, 4) is 0 Å². The summed E-state index contributed by atoms with van der Waals surface area (Å²) in [6.07, 6.45) is 0. The van der Waals surface area contributed by atoms with Gasteiger partial charge in [0.15, 0.2) is 0 Å². The van der Waals surface area contributed by atoms with Crippen LogP contribution in [0.5, 0.6) is 0 Å². The van der Waals surface area contributed by atoms with Crippen molar-refractivity contribution in [2.75, 3.05) is 0 Å². The quantitative estimate of drug-likeness (QED) is 0.544. The maximum absolute atomic E-state index is 3.02. The van der Waals surface area contributed by atoms with Crippen LogP contribution in [0.3, 0.4) is 0 Å². The molecule has 0 saturated heterocycles. The van der Waals surface area contributed by atoms with Gasteiger partial charge in [0.05, 0.1) is 0 Å². The number of rotatable bonds is 0. The smallest absolute Gasteiger partial charge is 0.0120 e. The van der Waals surface area contributed by atoms with Crippen LogP contribution in [-0.4, -0.2) is 0 Å². The van der Waals surface area contributed by atoms with Crippen LogP contribution in [0.4, 0.5) is 0 Å². The van der Waals surface area contributed by atoms with Crippen molar-refractivity contribution in [2.24, 2.45) is 0 Å². The predicted molar refractivity (Wildman–Crippen MR) is 27.0 cm³/mol. The Morgan fingerprint density at radius 2 is 1.25 bits per heavy atom. The van der Waals surface area contributed by atoms with E-state index < -0.39 is 0 Å². The van der Waals surface area contributed by atoms with Crippen molar-refractivity contribution in [3.63, 3.8) is 0 Å². The van der Waals surface area contributed by atoms with E-state index in [0.717, 1.165) is 0 Å². The second kappa shape index (κ2) is 3.70. The molecule has 2 heteroatoms. The van der Waals surface area contributed by atoms with Crippen molar-refractivity contribution < 1.29 is 0 Å². The first kappa shape index (κ1) is 4.70. The van der Waals surface area contributed by atoms with Crippen LogP contribution in [0.25, 0.3) is 0 Å². The third-order valence-electron chi connectivity index (χ3n) is 0.0476. The van der Waals surface area contributed by atoms with Crippen molar-refractivity contribution in [1.29, 1.82) is 0 Å². The summed E-state index contributed by atoms with van der Waals surface area (Å²) in [5.74, 6) is 0. The summed E-state index contributed by atoms with van der Waals surface area (Å²) in [7, 11) is 0. The highest BCUT2D eigenvalue weighted by molar-refractivity contribution is 9.13. The Balaban J connectivity index is 2.55. The Morgan fingerprint density at radius 1 is 1.00 bits per heavy atom. The Hall–Kier alpha value is 0.700. The first-order chi connectivity index (χ1) is 1.91. The molecule has 4 heavy (non-hydrogen) atoms. The van der Waals surface area contributed by atoms with Gasteiger partial charge >= 0.3 is 0 Å². The van der Waals surface area contributed by atoms with E-state index in [1.165, 1.54) is 0 Å². The van der Waals surface area contributed by atoms with Gasteiger partial charge in [-0.05, 0) is 9.97 Å². The molecular weight excluding hydrogens is 184 g/mol. The molecule has 0 fully saturated rings. The normalized spacial score (nSPS) is 9.50. The lowest BCUT2D eigenvalue weighted by Crippen LogP contribution is -1.07. The highest BCUT2D eigenvalue weighted by Gasteiger charge is 1.39. The van der Waals surface area contributed by atoms with E-state index in [4.69, 9.17) is 0 Å². The number of hydrogen-bond donors (Lipinski definition) is 0. The Morgan fingerprint density at radius 3 is 1.25 bits per heavy atom. The molecule has 0 aromatic heterocycles. The summed E-state index contributed by atoms with van der Waals surface area (Å²) in [4.78, 5) is 3.46. The van der Waals surface area contributed by atoms with E-state index in [1.807, 2.05) is 0 Å². The zero-order chi connectivity index (χ0) is 3.41. The molecule has 0 radical (unpaired) electrons. The molecule has 0 amide bonds. The summed E-state index contributed by atoms with van der Waals surface area (Å²) in [6, 6.07) is 0. The monoisotopic (exact) mass is 184 g/mol. The Labute approximate surface area is 42.1 Å². The van der Waals surface area contributed by atoms with E-state index in [9.17, 15) is 0 Å². The van der Waals surface area contributed by atoms with E-state index in [1.54, 1.807) is 9.97 Å². The van der Waals surface area contributed by atoms with Crippen LogP contribution in [-0.2, 0) is 0 Å². The van der Waals surface area contributed by atoms with Crippen LogP contribution in [0.1, 0.15) is 0 Å². The zero-order valence-electron chi connectivity index (χ0n) is 1.91. The van der Waals surface area contributed by atoms with Crippen molar-refractivity contribution in [1.82, 2.24) is 0 Å². The van der Waals surface area contributed by atoms with Crippen LogP contribution < -0.4 is 0 Å². The molecule has 0 aliphatic heterocycles. The largest absolute Gasteiger partial charge is 0.0589 e. The van der Waals surface area contributed by atoms with Gasteiger partial charge in [0.2, 0.25) is 0 Å². The van der Waals surface area contributed by atoms with Gasteiger partial charge in [0, 0.05) is 0 Å². The van der Waals surface area contributed by atoms with E-state index in [-0.39, 0.29) is 0 Å². The average Bonchev–Trinajstić information content (AvgIpc) is 1.37. The van der Waals surface area contributed by atoms with Crippen LogP contribution in [0.15, 0.2) is 9.97 Å². The number of hydrogen-bond acceptors (Lipinski definition) is 0. The van der Waals surface area contributed by atoms with E-state index in [0.29, 0.717) is 0 Å². The van der Waals surface area contributed by atoms with E-state index in [2.05, 4.69) is 31.9 Å². The predicted octanol–water partition coefficient (Wildman–Crippen LogP) is 2.25. The topological polar surface area (TPSA) is 0 Å². The standard InChI is InChI=1S/C2H2Br2/c3-1-2-4/h1-2H. The third-order valence-corrected chi connectivity index (χ3v) is 1.29. The third kappa shape index (κ3) is 2.70. The molecule has 0 bridgehead atoms. The average molecular weight is 186 g/mol. The summed E-state index contributed by atoms with van der Waals surface area (Å²) in [5.41, 5.74) is 0. The molecule has 24 valence electrons. The summed E-state index contributed by atoms with van der Waals surface area (Å²) >= 11 is 6.04. The molecule has 0 aliphatic rings. The first-order valence-electron chi connectivity index (χ1n) is 0.770. The van der Waals surface area contributed by atoms with Gasteiger partial charge in [0.25, 0.3) is 0 Å². The molecule has 0 spiro atoms. The maximum atomic E-state index is 3.02. The molecule has 0 aromatic rings. The summed E-state index contributed by atoms with van der Waals surface area (Å²) in [6.45, 7) is 0. The first-order valence-corrected chi connectivity index (χ1v) is 2.60. The van der Waals surface area contributed by atoms with Crippen LogP contribution >= 0.6 is 31.9 Å². The second-order valence-electron chi connectivity index (χ2n) is 0.252. The summed E-state index contributed by atoms with van der Waals surface area (Å²) < 4.78 is 0. The molecule has 0 atom stereocenters. The molecule has 0 saturated carbocycles. The van der Waals surface area contributed by atoms with Crippen molar-refractivity contribution in [3.05, 3.63) is 9.97 Å². The molecule has 0 aromatic carbocycles. The lowest BCUT2D eigenvalue weighted by Gasteiger charge is -1.44. The van der Waals surface area contributed by atoms with Gasteiger partial charge in [-0.25, -0.2) is 0 Å². The molecule has 0 rings (SSSR count). The minimum atomic E-state index is 1.73. The van der Waals surface area contributed by atoms with Crippen LogP contribution in [0.2, 0.25) is 0 Å². The molecule has 0 N–H and O–H groups in total. The highest BCUT2D eigenvalue weighted by atomic mass is 79.9. The summed E-state index contributed by atoms with van der Waals surface area (Å²) in [5, 5.41) is 0. The Bertz CT molecular complexity index is 19.2. The van der Waals surface area contributed by atoms with Crippen molar-refractivity contribution in [2.45, 2.75) is 0 Å². The maximum Gasteiger partial charge on any atom is -0.0120 e. The van der Waals surface area contributed by atoms with Gasteiger partial charge < -0.3 is 0 Å². The van der Waals surface area contributed by atoms with E-state index >= 15 is 0 Å². The second-order valence-corrected chi connectivity index (χ2v) is 1.31. The fourth-order valence-electron chi connectivity index (χ4n) is 0. The van der Waals surface area contributed by atoms with Gasteiger partial charge in [-0.15, -0.1) is 0 Å². The molecule has 0 aliphatic carbocycles. The molecular formula is C2H2Br2.